The Bertz CT molecular complexity index is 938. The number of nitrogens with zero attached hydrogens (tertiary/aromatic N) is 4. The highest BCUT2D eigenvalue weighted by atomic mass is 19.4. The van der Waals surface area contributed by atoms with Gasteiger partial charge < -0.3 is 0 Å². The summed E-state index contributed by atoms with van der Waals surface area (Å²) < 4.78 is 38.2. The van der Waals surface area contributed by atoms with Gasteiger partial charge in [0.2, 0.25) is 0 Å². The van der Waals surface area contributed by atoms with Crippen molar-refractivity contribution in [3.05, 3.63) is 60.4 Å². The molecular weight excluding hydrogens is 341 g/mol. The van der Waals surface area contributed by atoms with Crippen LogP contribution in [-0.2, 0) is 6.54 Å². The molecule has 132 valence electrons. The zero-order chi connectivity index (χ0) is 18.6. The second-order valence-electron chi connectivity index (χ2n) is 5.77. The largest absolute Gasteiger partial charge is 0.389 e. The molecule has 4 nitrogen and oxygen atoms in total. The highest BCUT2D eigenvalue weighted by molar-refractivity contribution is 5.72. The molecule has 0 atom stereocenters. The lowest BCUT2D eigenvalue weighted by Gasteiger charge is -2.06. The molecule has 0 spiro atoms. The number of aromatic nitrogens is 3. The van der Waals surface area contributed by atoms with Crippen molar-refractivity contribution in [1.29, 1.82) is 5.26 Å². The normalized spacial score (nSPS) is 11.3. The molecule has 0 saturated carbocycles. The zero-order valence-electron chi connectivity index (χ0n) is 13.7. The molecule has 0 amide bonds. The molecule has 0 aliphatic carbocycles. The molecule has 0 aliphatic heterocycles. The summed E-state index contributed by atoms with van der Waals surface area (Å²) in [5.74, 6) is 0. The molecule has 0 unspecified atom stereocenters. The third kappa shape index (κ3) is 4.28. The molecule has 2 aromatic heterocycles. The molecule has 0 N–H and O–H groups in total. The van der Waals surface area contributed by atoms with E-state index >= 15 is 0 Å². The van der Waals surface area contributed by atoms with Crippen LogP contribution in [0.3, 0.4) is 0 Å². The molecule has 0 aliphatic rings. The van der Waals surface area contributed by atoms with Crippen LogP contribution >= 0.6 is 0 Å². The third-order valence-electron chi connectivity index (χ3n) is 3.85. The van der Waals surface area contributed by atoms with Gasteiger partial charge >= 0.3 is 6.18 Å². The summed E-state index contributed by atoms with van der Waals surface area (Å²) in [4.78, 5) is 4.27. The third-order valence-corrected chi connectivity index (χ3v) is 3.85. The van der Waals surface area contributed by atoms with E-state index in [0.717, 1.165) is 11.1 Å². The number of nitriles is 1. The van der Waals surface area contributed by atoms with Crippen molar-refractivity contribution in [2.45, 2.75) is 25.6 Å². The quantitative estimate of drug-likeness (QED) is 0.658. The second kappa shape index (κ2) is 7.40. The van der Waals surface area contributed by atoms with E-state index in [1.165, 1.54) is 4.68 Å². The number of pyridine rings is 1. The van der Waals surface area contributed by atoms with Crippen LogP contribution < -0.4 is 0 Å². The van der Waals surface area contributed by atoms with E-state index in [9.17, 15) is 18.4 Å². The summed E-state index contributed by atoms with van der Waals surface area (Å²) in [5, 5.41) is 13.6. The molecule has 0 radical (unpaired) electrons. The minimum absolute atomic E-state index is 0.00980. The van der Waals surface area contributed by atoms with Crippen molar-refractivity contribution < 1.29 is 13.2 Å². The smallest absolute Gasteiger partial charge is 0.272 e. The molecule has 3 aromatic rings. The summed E-state index contributed by atoms with van der Waals surface area (Å²) in [6, 6.07) is 14.7. The summed E-state index contributed by atoms with van der Waals surface area (Å²) in [6.45, 7) is 0.206. The van der Waals surface area contributed by atoms with E-state index in [1.54, 1.807) is 30.6 Å². The fraction of sp³-hybridized carbons (Fsp3) is 0.211. The molecule has 3 rings (SSSR count). The van der Waals surface area contributed by atoms with Gasteiger partial charge in [-0.1, -0.05) is 18.2 Å². The summed E-state index contributed by atoms with van der Waals surface area (Å²) in [6.07, 6.45) is -1.69. The first-order valence-corrected chi connectivity index (χ1v) is 8.02. The van der Waals surface area contributed by atoms with Gasteiger partial charge in [0.25, 0.3) is 0 Å². The average molecular weight is 356 g/mol. The summed E-state index contributed by atoms with van der Waals surface area (Å²) in [7, 11) is 0. The molecule has 26 heavy (non-hydrogen) atoms. The van der Waals surface area contributed by atoms with Crippen LogP contribution in [0.1, 0.15) is 18.4 Å². The van der Waals surface area contributed by atoms with E-state index in [1.807, 2.05) is 24.3 Å². The maximum atomic E-state index is 12.2. The lowest BCUT2D eigenvalue weighted by Crippen LogP contribution is -2.09. The Balaban J connectivity index is 1.80. The van der Waals surface area contributed by atoms with E-state index in [2.05, 4.69) is 16.2 Å². The monoisotopic (exact) mass is 356 g/mol. The van der Waals surface area contributed by atoms with Gasteiger partial charge in [0.1, 0.15) is 6.07 Å². The lowest BCUT2D eigenvalue weighted by molar-refractivity contribution is -0.136. The van der Waals surface area contributed by atoms with E-state index in [4.69, 9.17) is 0 Å². The molecule has 0 fully saturated rings. The molecule has 0 saturated heterocycles. The number of benzene rings is 1. The summed E-state index contributed by atoms with van der Waals surface area (Å²) in [5.41, 5.74) is 3.31. The van der Waals surface area contributed by atoms with Gasteiger partial charge in [-0.15, -0.1) is 0 Å². The summed E-state index contributed by atoms with van der Waals surface area (Å²) >= 11 is 0. The Kier molecular flexibility index (Phi) is 5.03. The van der Waals surface area contributed by atoms with Gasteiger partial charge in [-0.25, -0.2) is 0 Å². The number of hydrogen-bond acceptors (Lipinski definition) is 3. The van der Waals surface area contributed by atoms with Crippen LogP contribution in [0.5, 0.6) is 0 Å². The van der Waals surface area contributed by atoms with Gasteiger partial charge in [-0.2, -0.15) is 23.5 Å². The van der Waals surface area contributed by atoms with Gasteiger partial charge in [0, 0.05) is 36.5 Å². The van der Waals surface area contributed by atoms with E-state index in [0.29, 0.717) is 17.0 Å². The van der Waals surface area contributed by atoms with Gasteiger partial charge in [-0.05, 0) is 30.7 Å². The van der Waals surface area contributed by atoms with Gasteiger partial charge in [0.15, 0.2) is 0 Å². The topological polar surface area (TPSA) is 54.5 Å². The van der Waals surface area contributed by atoms with Gasteiger partial charge in [-0.3, -0.25) is 9.67 Å². The highest BCUT2D eigenvalue weighted by Crippen LogP contribution is 2.26. The van der Waals surface area contributed by atoms with Crippen molar-refractivity contribution >= 4 is 0 Å². The zero-order valence-corrected chi connectivity index (χ0v) is 13.7. The first-order valence-electron chi connectivity index (χ1n) is 8.02. The van der Waals surface area contributed by atoms with Crippen LogP contribution in [0.2, 0.25) is 0 Å². The number of hydrogen-bond donors (Lipinski definition) is 0. The van der Waals surface area contributed by atoms with Crippen LogP contribution in [0.15, 0.2) is 54.9 Å². The van der Waals surface area contributed by atoms with Crippen molar-refractivity contribution in [3.63, 3.8) is 0 Å². The second-order valence-corrected chi connectivity index (χ2v) is 5.77. The van der Waals surface area contributed by atoms with Crippen LogP contribution in [0.4, 0.5) is 13.2 Å². The predicted octanol–water partition coefficient (Wildman–Crippen LogP) is 4.83. The Hall–Kier alpha value is -3.14. The Morgan fingerprint density at radius 2 is 1.88 bits per heavy atom. The van der Waals surface area contributed by atoms with Crippen molar-refractivity contribution in [1.82, 2.24) is 14.8 Å². The Morgan fingerprint density at radius 3 is 2.65 bits per heavy atom. The molecule has 1 aromatic carbocycles. The van der Waals surface area contributed by atoms with Crippen LogP contribution in [0.25, 0.3) is 22.5 Å². The SMILES string of the molecule is N#Cc1cccnc1-c1cccc(-c2ccn(CCCC(F)(F)F)n2)c1. The maximum Gasteiger partial charge on any atom is 0.389 e. The Labute approximate surface area is 148 Å². The fourth-order valence-electron chi connectivity index (χ4n) is 2.63. The first kappa shape index (κ1) is 17.7. The molecule has 0 bridgehead atoms. The minimum Gasteiger partial charge on any atom is -0.272 e. The average Bonchev–Trinajstić information content (AvgIpc) is 3.09. The fourth-order valence-corrected chi connectivity index (χ4v) is 2.63. The first-order chi connectivity index (χ1) is 12.5. The van der Waals surface area contributed by atoms with E-state index in [-0.39, 0.29) is 13.0 Å². The highest BCUT2D eigenvalue weighted by Gasteiger charge is 2.26. The minimum atomic E-state index is -4.15. The van der Waals surface area contributed by atoms with Crippen molar-refractivity contribution in [2.75, 3.05) is 0 Å². The van der Waals surface area contributed by atoms with Crippen LogP contribution in [0, 0.1) is 11.3 Å². The van der Waals surface area contributed by atoms with E-state index < -0.39 is 12.6 Å². The number of aryl methyl sites for hydroxylation is 1. The van der Waals surface area contributed by atoms with Crippen molar-refractivity contribution in [3.8, 4) is 28.6 Å². The molecular formula is C19H15F3N4. The number of halogens is 3. The molecule has 7 heteroatoms. The predicted molar refractivity (Wildman–Crippen MR) is 90.9 cm³/mol. The van der Waals surface area contributed by atoms with Crippen molar-refractivity contribution in [2.24, 2.45) is 0 Å². The number of alkyl halides is 3. The number of rotatable bonds is 5. The Morgan fingerprint density at radius 1 is 1.08 bits per heavy atom. The lowest BCUT2D eigenvalue weighted by atomic mass is 10.0. The molecule has 2 heterocycles. The van der Waals surface area contributed by atoms with Gasteiger partial charge in [0.05, 0.1) is 17.0 Å². The van der Waals surface area contributed by atoms with Crippen LogP contribution in [-0.4, -0.2) is 20.9 Å². The maximum absolute atomic E-state index is 12.2. The standard InChI is InChI=1S/C19H15F3N4/c20-19(21,22)8-3-10-26-11-7-17(25-26)14-4-1-5-15(12-14)18-16(13-23)6-2-9-24-18/h1-2,4-7,9,11-12H,3,8,10H2.